The Morgan fingerprint density at radius 2 is 1.33 bits per heavy atom. The molecule has 0 aliphatic carbocycles. The Hall–Kier alpha value is -4.13. The highest BCUT2D eigenvalue weighted by Crippen LogP contribution is 2.28. The van der Waals surface area contributed by atoms with Gasteiger partial charge in [0, 0.05) is 48.3 Å². The number of nitrogens with zero attached hydrogens (tertiary/aromatic N) is 2. The van der Waals surface area contributed by atoms with E-state index in [4.69, 9.17) is 16.3 Å². The van der Waals surface area contributed by atoms with Crippen molar-refractivity contribution in [2.75, 3.05) is 6.54 Å². The molecule has 0 spiro atoms. The number of halogens is 3. The van der Waals surface area contributed by atoms with Gasteiger partial charge in [-0.2, -0.15) is 0 Å². The minimum atomic E-state index is -0.236. The average Bonchev–Trinajstić information content (AvgIpc) is 3.04. The summed E-state index contributed by atoms with van der Waals surface area (Å²) in [6.45, 7) is 1.65. The van der Waals surface area contributed by atoms with Crippen LogP contribution < -0.4 is 10.1 Å². The summed E-state index contributed by atoms with van der Waals surface area (Å²) in [7, 11) is 0. The van der Waals surface area contributed by atoms with Crippen LogP contribution in [0.4, 0.5) is 8.78 Å². The molecule has 0 saturated heterocycles. The molecule has 3 heterocycles. The summed E-state index contributed by atoms with van der Waals surface area (Å²) in [5.41, 5.74) is 7.25. The molecule has 1 aliphatic rings. The van der Waals surface area contributed by atoms with Crippen molar-refractivity contribution in [1.82, 2.24) is 15.3 Å². The lowest BCUT2D eigenvalue weighted by atomic mass is 10.0. The predicted octanol–water partition coefficient (Wildman–Crippen LogP) is 8.39. The molecule has 3 aromatic carbocycles. The van der Waals surface area contributed by atoms with E-state index in [0.717, 1.165) is 71.5 Å². The molecule has 1 unspecified atom stereocenters. The van der Waals surface area contributed by atoms with Gasteiger partial charge < -0.3 is 10.1 Å². The fourth-order valence-electron chi connectivity index (χ4n) is 4.82. The lowest BCUT2D eigenvalue weighted by Gasteiger charge is -2.26. The van der Waals surface area contributed by atoms with Gasteiger partial charge in [-0.05, 0) is 96.1 Å². The van der Waals surface area contributed by atoms with E-state index in [9.17, 15) is 8.78 Å². The lowest BCUT2D eigenvalue weighted by Crippen LogP contribution is -2.27. The maximum Gasteiger partial charge on any atom is 0.123 e. The van der Waals surface area contributed by atoms with E-state index in [0.29, 0.717) is 5.88 Å². The Morgan fingerprint density at radius 1 is 0.738 bits per heavy atom. The standard InChI is InChI=1S/C23H23FN2O.C12H9ClFN/c24-21-8-5-18(6-9-21)20-13-17(15-26-16-20)14-25-12-11-22-10-7-19-3-1-2-4-23(19)27-22;13-6-9-5-11(8-15-7-9)10-1-3-12(14)4-2-10/h1-6,8-9,13,15-16,22,25H,7,10-12,14H2;1-5,7-8H,6H2. The number of alkyl halides is 1. The summed E-state index contributed by atoms with van der Waals surface area (Å²) in [5, 5.41) is 3.48. The zero-order valence-electron chi connectivity index (χ0n) is 23.1. The van der Waals surface area contributed by atoms with E-state index < -0.39 is 0 Å². The highest BCUT2D eigenvalue weighted by atomic mass is 35.5. The van der Waals surface area contributed by atoms with Crippen LogP contribution in [0.3, 0.4) is 0 Å². The third kappa shape index (κ3) is 8.21. The van der Waals surface area contributed by atoms with Crippen LogP contribution in [0, 0.1) is 11.6 Å². The lowest BCUT2D eigenvalue weighted by molar-refractivity contribution is 0.163. The van der Waals surface area contributed by atoms with Crippen LogP contribution in [0.5, 0.6) is 5.75 Å². The first-order chi connectivity index (χ1) is 20.6. The minimum Gasteiger partial charge on any atom is -0.490 e. The summed E-state index contributed by atoms with van der Waals surface area (Å²) in [5.74, 6) is 1.00. The highest BCUT2D eigenvalue weighted by Gasteiger charge is 2.18. The zero-order chi connectivity index (χ0) is 29.1. The molecule has 0 radical (unpaired) electrons. The first kappa shape index (κ1) is 29.4. The fourth-order valence-corrected chi connectivity index (χ4v) is 4.97. The van der Waals surface area contributed by atoms with E-state index in [2.05, 4.69) is 39.6 Å². The van der Waals surface area contributed by atoms with Crippen LogP contribution in [0.15, 0.2) is 110 Å². The molecule has 6 rings (SSSR count). The van der Waals surface area contributed by atoms with Gasteiger partial charge >= 0.3 is 0 Å². The quantitative estimate of drug-likeness (QED) is 0.147. The van der Waals surface area contributed by atoms with Gasteiger partial charge in [-0.3, -0.25) is 9.97 Å². The Morgan fingerprint density at radius 3 is 1.98 bits per heavy atom. The monoisotopic (exact) mass is 583 g/mol. The number of aryl methyl sites for hydroxylation is 1. The van der Waals surface area contributed by atoms with Crippen molar-refractivity contribution >= 4 is 11.6 Å². The molecule has 1 aliphatic heterocycles. The number of rotatable bonds is 8. The molecule has 7 heteroatoms. The Bertz CT molecular complexity index is 1580. The highest BCUT2D eigenvalue weighted by molar-refractivity contribution is 6.17. The zero-order valence-corrected chi connectivity index (χ0v) is 23.9. The molecule has 4 nitrogen and oxygen atoms in total. The van der Waals surface area contributed by atoms with Crippen LogP contribution in [0.25, 0.3) is 22.3 Å². The number of ether oxygens (including phenoxy) is 1. The third-order valence-electron chi connectivity index (χ3n) is 7.07. The number of pyridine rings is 2. The third-order valence-corrected chi connectivity index (χ3v) is 7.38. The summed E-state index contributed by atoms with van der Waals surface area (Å²) in [4.78, 5) is 8.39. The SMILES string of the molecule is Fc1ccc(-c2cncc(CCl)c2)cc1.Fc1ccc(-c2cncc(CNCCC3CCc4ccccc4O3)c2)cc1. The molecule has 0 amide bonds. The fraction of sp³-hybridized carbons (Fsp3) is 0.200. The Labute approximate surface area is 250 Å². The molecule has 42 heavy (non-hydrogen) atoms. The number of hydrogen-bond donors (Lipinski definition) is 1. The van der Waals surface area contributed by atoms with E-state index in [-0.39, 0.29) is 17.7 Å². The van der Waals surface area contributed by atoms with Gasteiger partial charge in [0.2, 0.25) is 0 Å². The average molecular weight is 584 g/mol. The van der Waals surface area contributed by atoms with Gasteiger partial charge in [-0.1, -0.05) is 42.5 Å². The number of nitrogens with one attached hydrogen (secondary N) is 1. The van der Waals surface area contributed by atoms with Crippen LogP contribution in [-0.2, 0) is 18.8 Å². The van der Waals surface area contributed by atoms with Gasteiger partial charge in [-0.25, -0.2) is 8.78 Å². The topological polar surface area (TPSA) is 47.0 Å². The number of aromatic nitrogens is 2. The second-order valence-electron chi connectivity index (χ2n) is 10.2. The second-order valence-corrected chi connectivity index (χ2v) is 10.4. The van der Waals surface area contributed by atoms with E-state index in [1.165, 1.54) is 29.8 Å². The van der Waals surface area contributed by atoms with Crippen molar-refractivity contribution in [3.8, 4) is 28.0 Å². The summed E-state index contributed by atoms with van der Waals surface area (Å²) >= 11 is 5.71. The summed E-state index contributed by atoms with van der Waals surface area (Å²) < 4.78 is 31.9. The maximum atomic E-state index is 13.1. The van der Waals surface area contributed by atoms with Gasteiger partial charge in [0.1, 0.15) is 23.5 Å². The van der Waals surface area contributed by atoms with Crippen LogP contribution in [0.1, 0.15) is 29.5 Å². The van der Waals surface area contributed by atoms with Crippen LogP contribution >= 0.6 is 11.6 Å². The Balaban J connectivity index is 0.000000199. The minimum absolute atomic E-state index is 0.225. The smallest absolute Gasteiger partial charge is 0.123 e. The van der Waals surface area contributed by atoms with E-state index in [1.807, 2.05) is 24.5 Å². The molecular weight excluding hydrogens is 552 g/mol. The first-order valence-electron chi connectivity index (χ1n) is 14.0. The van der Waals surface area contributed by atoms with Gasteiger partial charge in [0.25, 0.3) is 0 Å². The molecule has 2 aromatic heterocycles. The number of benzene rings is 3. The molecule has 0 saturated carbocycles. The molecule has 1 N–H and O–H groups in total. The van der Waals surface area contributed by atoms with Crippen molar-refractivity contribution in [2.24, 2.45) is 0 Å². The van der Waals surface area contributed by atoms with Crippen LogP contribution in [-0.4, -0.2) is 22.6 Å². The largest absolute Gasteiger partial charge is 0.490 e. The van der Waals surface area contributed by atoms with Crippen molar-refractivity contribution in [2.45, 2.75) is 37.8 Å². The Kier molecular flexibility index (Phi) is 10.3. The van der Waals surface area contributed by atoms with Crippen LogP contribution in [0.2, 0.25) is 0 Å². The number of fused-ring (bicyclic) bond motifs is 1. The normalized spacial score (nSPS) is 13.8. The molecular formula is C35H32ClF2N3O. The predicted molar refractivity (Wildman–Crippen MR) is 164 cm³/mol. The van der Waals surface area contributed by atoms with Gasteiger partial charge in [-0.15, -0.1) is 11.6 Å². The van der Waals surface area contributed by atoms with Crippen molar-refractivity contribution in [3.05, 3.63) is 138 Å². The number of para-hydroxylation sites is 1. The van der Waals surface area contributed by atoms with Gasteiger partial charge in [0.05, 0.1) is 0 Å². The van der Waals surface area contributed by atoms with Crippen molar-refractivity contribution in [1.29, 1.82) is 0 Å². The summed E-state index contributed by atoms with van der Waals surface area (Å²) in [6.07, 6.45) is 10.6. The van der Waals surface area contributed by atoms with Gasteiger partial charge in [0.15, 0.2) is 0 Å². The number of hydrogen-bond acceptors (Lipinski definition) is 4. The molecule has 1 atom stereocenters. The maximum absolute atomic E-state index is 13.1. The van der Waals surface area contributed by atoms with E-state index in [1.54, 1.807) is 36.7 Å². The molecule has 0 bridgehead atoms. The molecule has 5 aromatic rings. The second kappa shape index (κ2) is 14.7. The summed E-state index contributed by atoms with van der Waals surface area (Å²) in [6, 6.07) is 25.2. The first-order valence-corrected chi connectivity index (χ1v) is 14.5. The van der Waals surface area contributed by atoms with Crippen molar-refractivity contribution in [3.63, 3.8) is 0 Å². The van der Waals surface area contributed by atoms with E-state index >= 15 is 0 Å². The molecule has 0 fully saturated rings. The molecule has 214 valence electrons. The van der Waals surface area contributed by atoms with Crippen molar-refractivity contribution < 1.29 is 13.5 Å².